The number of halogens is 1. The minimum atomic E-state index is -0.0811. The summed E-state index contributed by atoms with van der Waals surface area (Å²) in [6.45, 7) is 6.27. The van der Waals surface area contributed by atoms with E-state index in [1.165, 1.54) is 39.3 Å². The van der Waals surface area contributed by atoms with Crippen molar-refractivity contribution in [3.63, 3.8) is 0 Å². The van der Waals surface area contributed by atoms with Gasteiger partial charge in [0.2, 0.25) is 0 Å². The van der Waals surface area contributed by atoms with Crippen molar-refractivity contribution >= 4 is 18.4 Å². The van der Waals surface area contributed by atoms with E-state index in [0.717, 1.165) is 31.6 Å². The Morgan fingerprint density at radius 2 is 2.16 bits per heavy atom. The van der Waals surface area contributed by atoms with Gasteiger partial charge in [-0.2, -0.15) is 0 Å². The molecule has 2 fully saturated rings. The highest BCUT2D eigenvalue weighted by Crippen LogP contribution is 2.29. The van der Waals surface area contributed by atoms with Gasteiger partial charge in [-0.25, -0.2) is 0 Å². The van der Waals surface area contributed by atoms with E-state index in [1.807, 2.05) is 6.92 Å². The first kappa shape index (κ1) is 16.7. The molecule has 2 unspecified atom stereocenters. The molecule has 0 aromatic rings. The molecule has 2 aliphatic rings. The number of nitrogens with one attached hydrogen (secondary N) is 1. The lowest BCUT2D eigenvalue weighted by Gasteiger charge is -2.31. The van der Waals surface area contributed by atoms with E-state index in [4.69, 9.17) is 4.74 Å². The zero-order chi connectivity index (χ0) is 13.0. The molecule has 0 spiro atoms. The maximum absolute atomic E-state index is 11.5. The second kappa shape index (κ2) is 8.08. The molecular formula is C14H27ClN2O2. The van der Waals surface area contributed by atoms with Crippen molar-refractivity contribution in [3.8, 4) is 0 Å². The van der Waals surface area contributed by atoms with Crippen LogP contribution in [0.25, 0.3) is 0 Å². The van der Waals surface area contributed by atoms with Gasteiger partial charge in [-0.3, -0.25) is 9.69 Å². The van der Waals surface area contributed by atoms with Crippen molar-refractivity contribution < 1.29 is 9.53 Å². The topological polar surface area (TPSA) is 41.6 Å². The molecule has 1 N–H and O–H groups in total. The van der Waals surface area contributed by atoms with Crippen molar-refractivity contribution in [2.75, 3.05) is 33.3 Å². The van der Waals surface area contributed by atoms with Gasteiger partial charge in [0.05, 0.1) is 13.0 Å². The van der Waals surface area contributed by atoms with Crippen LogP contribution >= 0.6 is 12.4 Å². The number of esters is 1. The van der Waals surface area contributed by atoms with Gasteiger partial charge in [0.25, 0.3) is 0 Å². The van der Waals surface area contributed by atoms with Crippen LogP contribution in [0.15, 0.2) is 0 Å². The van der Waals surface area contributed by atoms with E-state index >= 15 is 0 Å². The molecule has 0 radical (unpaired) electrons. The summed E-state index contributed by atoms with van der Waals surface area (Å²) in [5.74, 6) is 0.666. The Morgan fingerprint density at radius 1 is 1.42 bits per heavy atom. The fourth-order valence-electron chi connectivity index (χ4n) is 2.85. The van der Waals surface area contributed by atoms with E-state index in [9.17, 15) is 4.79 Å². The van der Waals surface area contributed by atoms with Crippen LogP contribution in [-0.4, -0.2) is 50.2 Å². The summed E-state index contributed by atoms with van der Waals surface area (Å²) in [4.78, 5) is 14.0. The SMILES string of the molecule is COC(=O)C(C)CN(CC1CCCNC1)C1CC1.Cl. The third kappa shape index (κ3) is 5.28. The summed E-state index contributed by atoms with van der Waals surface area (Å²) >= 11 is 0. The zero-order valence-corrected chi connectivity index (χ0v) is 12.9. The smallest absolute Gasteiger partial charge is 0.309 e. The third-order valence-electron chi connectivity index (χ3n) is 4.07. The predicted molar refractivity (Wildman–Crippen MR) is 78.6 cm³/mol. The first-order chi connectivity index (χ1) is 8.70. The van der Waals surface area contributed by atoms with Gasteiger partial charge in [0.1, 0.15) is 0 Å². The van der Waals surface area contributed by atoms with Crippen molar-refractivity contribution in [1.29, 1.82) is 0 Å². The Labute approximate surface area is 122 Å². The lowest BCUT2D eigenvalue weighted by molar-refractivity contribution is -0.145. The summed E-state index contributed by atoms with van der Waals surface area (Å²) in [6.07, 6.45) is 5.21. The summed E-state index contributed by atoms with van der Waals surface area (Å²) in [5, 5.41) is 3.47. The Bertz CT molecular complexity index is 279. The highest BCUT2D eigenvalue weighted by molar-refractivity contribution is 5.85. The fraction of sp³-hybridized carbons (Fsp3) is 0.929. The number of nitrogens with zero attached hydrogens (tertiary/aromatic N) is 1. The minimum Gasteiger partial charge on any atom is -0.469 e. The number of piperidine rings is 1. The van der Waals surface area contributed by atoms with E-state index in [2.05, 4.69) is 10.2 Å². The molecule has 5 heteroatoms. The van der Waals surface area contributed by atoms with Crippen LogP contribution in [0.5, 0.6) is 0 Å². The number of rotatable bonds is 6. The zero-order valence-electron chi connectivity index (χ0n) is 12.1. The van der Waals surface area contributed by atoms with Gasteiger partial charge < -0.3 is 10.1 Å². The first-order valence-corrected chi connectivity index (χ1v) is 7.23. The molecule has 1 saturated carbocycles. The monoisotopic (exact) mass is 290 g/mol. The molecule has 112 valence electrons. The average Bonchev–Trinajstić information content (AvgIpc) is 3.22. The van der Waals surface area contributed by atoms with Crippen LogP contribution in [0, 0.1) is 11.8 Å². The van der Waals surface area contributed by atoms with Gasteiger partial charge in [-0.05, 0) is 44.7 Å². The summed E-state index contributed by atoms with van der Waals surface area (Å²) < 4.78 is 4.83. The summed E-state index contributed by atoms with van der Waals surface area (Å²) in [5.41, 5.74) is 0. The predicted octanol–water partition coefficient (Wildman–Crippen LogP) is 1.68. The number of methoxy groups -OCH3 is 1. The van der Waals surface area contributed by atoms with Crippen LogP contribution in [0.3, 0.4) is 0 Å². The molecule has 0 amide bonds. The number of ether oxygens (including phenoxy) is 1. The average molecular weight is 291 g/mol. The highest BCUT2D eigenvalue weighted by atomic mass is 35.5. The van der Waals surface area contributed by atoms with Crippen LogP contribution < -0.4 is 5.32 Å². The molecule has 1 saturated heterocycles. The molecule has 1 aliphatic carbocycles. The molecule has 2 rings (SSSR count). The highest BCUT2D eigenvalue weighted by Gasteiger charge is 2.32. The second-order valence-corrected chi connectivity index (χ2v) is 5.82. The third-order valence-corrected chi connectivity index (χ3v) is 4.07. The number of carbonyl (C=O) groups excluding carboxylic acids is 1. The maximum Gasteiger partial charge on any atom is 0.309 e. The fourth-order valence-corrected chi connectivity index (χ4v) is 2.85. The van der Waals surface area contributed by atoms with Gasteiger partial charge >= 0.3 is 5.97 Å². The van der Waals surface area contributed by atoms with Crippen molar-refractivity contribution in [2.24, 2.45) is 11.8 Å². The standard InChI is InChI=1S/C14H26N2O2.ClH/c1-11(14(17)18-2)9-16(13-5-6-13)10-12-4-3-7-15-8-12;/h11-13,15H,3-10H2,1-2H3;1H. The van der Waals surface area contributed by atoms with Gasteiger partial charge in [0, 0.05) is 19.1 Å². The second-order valence-electron chi connectivity index (χ2n) is 5.82. The van der Waals surface area contributed by atoms with Crippen LogP contribution in [0.2, 0.25) is 0 Å². The maximum atomic E-state index is 11.5. The Balaban J connectivity index is 0.00000180. The number of carbonyl (C=O) groups is 1. The van der Waals surface area contributed by atoms with Crippen LogP contribution in [0.4, 0.5) is 0 Å². The van der Waals surface area contributed by atoms with Crippen LogP contribution in [0.1, 0.15) is 32.6 Å². The lowest BCUT2D eigenvalue weighted by atomic mass is 9.98. The van der Waals surface area contributed by atoms with E-state index in [0.29, 0.717) is 0 Å². The molecular weight excluding hydrogens is 264 g/mol. The van der Waals surface area contributed by atoms with Crippen molar-refractivity contribution in [2.45, 2.75) is 38.6 Å². The minimum absolute atomic E-state index is 0. The molecule has 0 bridgehead atoms. The molecule has 2 atom stereocenters. The molecule has 19 heavy (non-hydrogen) atoms. The normalized spacial score (nSPS) is 24.7. The Morgan fingerprint density at radius 3 is 2.68 bits per heavy atom. The molecule has 0 aromatic carbocycles. The van der Waals surface area contributed by atoms with Crippen molar-refractivity contribution in [1.82, 2.24) is 10.2 Å². The molecule has 4 nitrogen and oxygen atoms in total. The Kier molecular flexibility index (Phi) is 7.11. The van der Waals surface area contributed by atoms with E-state index in [1.54, 1.807) is 0 Å². The summed E-state index contributed by atoms with van der Waals surface area (Å²) in [6, 6.07) is 0.721. The molecule has 1 heterocycles. The largest absolute Gasteiger partial charge is 0.469 e. The Hall–Kier alpha value is -0.320. The van der Waals surface area contributed by atoms with Gasteiger partial charge in [-0.1, -0.05) is 6.92 Å². The quantitative estimate of drug-likeness (QED) is 0.756. The number of hydrogen-bond donors (Lipinski definition) is 1. The van der Waals surface area contributed by atoms with E-state index < -0.39 is 0 Å². The lowest BCUT2D eigenvalue weighted by Crippen LogP contribution is -2.42. The molecule has 1 aliphatic heterocycles. The van der Waals surface area contributed by atoms with Gasteiger partial charge in [-0.15, -0.1) is 12.4 Å². The molecule has 0 aromatic heterocycles. The van der Waals surface area contributed by atoms with Gasteiger partial charge in [0.15, 0.2) is 0 Å². The van der Waals surface area contributed by atoms with Crippen molar-refractivity contribution in [3.05, 3.63) is 0 Å². The van der Waals surface area contributed by atoms with Crippen LogP contribution in [-0.2, 0) is 9.53 Å². The summed E-state index contributed by atoms with van der Waals surface area (Å²) in [7, 11) is 1.48. The first-order valence-electron chi connectivity index (χ1n) is 7.23. The number of hydrogen-bond acceptors (Lipinski definition) is 4. The van der Waals surface area contributed by atoms with E-state index in [-0.39, 0.29) is 24.3 Å².